The summed E-state index contributed by atoms with van der Waals surface area (Å²) in [5, 5.41) is 6.90. The average molecular weight is 255 g/mol. The van der Waals surface area contributed by atoms with E-state index in [2.05, 4.69) is 51.7 Å². The molecule has 0 bridgehead atoms. The SMILES string of the molecule is Cc1cc(Br)ccc1NC1CCNC1. The van der Waals surface area contributed by atoms with Gasteiger partial charge in [0, 0.05) is 22.7 Å². The molecule has 1 unspecified atom stereocenters. The second kappa shape index (κ2) is 4.32. The van der Waals surface area contributed by atoms with Crippen molar-refractivity contribution in [2.45, 2.75) is 19.4 Å². The zero-order valence-electron chi connectivity index (χ0n) is 8.31. The molecule has 1 fully saturated rings. The number of halogens is 1. The van der Waals surface area contributed by atoms with Crippen LogP contribution in [0.15, 0.2) is 22.7 Å². The minimum atomic E-state index is 0.592. The molecule has 0 spiro atoms. The summed E-state index contributed by atoms with van der Waals surface area (Å²) < 4.78 is 1.14. The van der Waals surface area contributed by atoms with Gasteiger partial charge in [0.15, 0.2) is 0 Å². The first kappa shape index (κ1) is 9.99. The van der Waals surface area contributed by atoms with Gasteiger partial charge in [-0.25, -0.2) is 0 Å². The lowest BCUT2D eigenvalue weighted by Crippen LogP contribution is -2.22. The first-order valence-electron chi connectivity index (χ1n) is 4.99. The number of hydrogen-bond acceptors (Lipinski definition) is 2. The molecule has 2 rings (SSSR count). The van der Waals surface area contributed by atoms with Crippen molar-refractivity contribution in [3.05, 3.63) is 28.2 Å². The van der Waals surface area contributed by atoms with Crippen LogP contribution in [0.25, 0.3) is 0 Å². The highest BCUT2D eigenvalue weighted by Crippen LogP contribution is 2.21. The molecule has 14 heavy (non-hydrogen) atoms. The Hall–Kier alpha value is -0.540. The van der Waals surface area contributed by atoms with Gasteiger partial charge in [0.05, 0.1) is 0 Å². The molecule has 1 aliphatic heterocycles. The van der Waals surface area contributed by atoms with Crippen LogP contribution in [0.5, 0.6) is 0 Å². The molecule has 1 heterocycles. The van der Waals surface area contributed by atoms with Gasteiger partial charge in [-0.3, -0.25) is 0 Å². The summed E-state index contributed by atoms with van der Waals surface area (Å²) in [6, 6.07) is 6.95. The summed E-state index contributed by atoms with van der Waals surface area (Å²) in [6.07, 6.45) is 1.22. The molecule has 2 nitrogen and oxygen atoms in total. The molecule has 76 valence electrons. The average Bonchev–Trinajstić information content (AvgIpc) is 2.62. The van der Waals surface area contributed by atoms with E-state index in [9.17, 15) is 0 Å². The van der Waals surface area contributed by atoms with E-state index < -0.39 is 0 Å². The summed E-state index contributed by atoms with van der Waals surface area (Å²) in [5.74, 6) is 0. The molecular weight excluding hydrogens is 240 g/mol. The second-order valence-corrected chi connectivity index (χ2v) is 4.71. The molecule has 1 aromatic carbocycles. The van der Waals surface area contributed by atoms with Crippen molar-refractivity contribution in [1.82, 2.24) is 5.32 Å². The lowest BCUT2D eigenvalue weighted by molar-refractivity contribution is 0.792. The van der Waals surface area contributed by atoms with Gasteiger partial charge in [-0.2, -0.15) is 0 Å². The monoisotopic (exact) mass is 254 g/mol. The van der Waals surface area contributed by atoms with Gasteiger partial charge in [0.1, 0.15) is 0 Å². The maximum absolute atomic E-state index is 3.55. The van der Waals surface area contributed by atoms with Gasteiger partial charge in [-0.15, -0.1) is 0 Å². The van der Waals surface area contributed by atoms with Gasteiger partial charge in [0.2, 0.25) is 0 Å². The minimum absolute atomic E-state index is 0.592. The Labute approximate surface area is 93.2 Å². The van der Waals surface area contributed by atoms with Crippen LogP contribution in [0.1, 0.15) is 12.0 Å². The van der Waals surface area contributed by atoms with Crippen LogP contribution in [0, 0.1) is 6.92 Å². The minimum Gasteiger partial charge on any atom is -0.381 e. The third kappa shape index (κ3) is 2.28. The Bertz CT molecular complexity index is 319. The zero-order valence-corrected chi connectivity index (χ0v) is 9.89. The first-order valence-corrected chi connectivity index (χ1v) is 5.78. The Morgan fingerprint density at radius 2 is 2.36 bits per heavy atom. The Morgan fingerprint density at radius 3 is 3.00 bits per heavy atom. The largest absolute Gasteiger partial charge is 0.381 e. The first-order chi connectivity index (χ1) is 6.75. The smallest absolute Gasteiger partial charge is 0.0398 e. The van der Waals surface area contributed by atoms with E-state index in [-0.39, 0.29) is 0 Å². The predicted octanol–water partition coefficient (Wildman–Crippen LogP) is 2.53. The van der Waals surface area contributed by atoms with E-state index in [0.29, 0.717) is 6.04 Å². The molecule has 2 N–H and O–H groups in total. The molecule has 1 atom stereocenters. The fourth-order valence-corrected chi connectivity index (χ4v) is 2.26. The van der Waals surface area contributed by atoms with E-state index in [0.717, 1.165) is 17.6 Å². The molecule has 1 aromatic rings. The molecule has 0 amide bonds. The van der Waals surface area contributed by atoms with E-state index in [1.165, 1.54) is 17.7 Å². The van der Waals surface area contributed by atoms with E-state index >= 15 is 0 Å². The number of aryl methyl sites for hydroxylation is 1. The number of hydrogen-bond donors (Lipinski definition) is 2. The van der Waals surface area contributed by atoms with E-state index in [1.54, 1.807) is 0 Å². The summed E-state index contributed by atoms with van der Waals surface area (Å²) in [4.78, 5) is 0. The zero-order chi connectivity index (χ0) is 9.97. The van der Waals surface area contributed by atoms with Crippen molar-refractivity contribution in [2.75, 3.05) is 18.4 Å². The number of anilines is 1. The van der Waals surface area contributed by atoms with Gasteiger partial charge in [0.25, 0.3) is 0 Å². The molecule has 0 saturated carbocycles. The van der Waals surface area contributed by atoms with Gasteiger partial charge in [-0.1, -0.05) is 15.9 Å². The van der Waals surface area contributed by atoms with Crippen molar-refractivity contribution < 1.29 is 0 Å². The summed E-state index contributed by atoms with van der Waals surface area (Å²) in [5.41, 5.74) is 2.55. The van der Waals surface area contributed by atoms with Crippen LogP contribution >= 0.6 is 15.9 Å². The van der Waals surface area contributed by atoms with E-state index in [4.69, 9.17) is 0 Å². The highest BCUT2D eigenvalue weighted by molar-refractivity contribution is 9.10. The normalized spacial score (nSPS) is 21.1. The topological polar surface area (TPSA) is 24.1 Å². The third-order valence-corrected chi connectivity index (χ3v) is 3.10. The fraction of sp³-hybridized carbons (Fsp3) is 0.455. The Kier molecular flexibility index (Phi) is 3.08. The molecule has 1 saturated heterocycles. The lowest BCUT2D eigenvalue weighted by Gasteiger charge is -2.15. The van der Waals surface area contributed by atoms with Crippen LogP contribution in [0.4, 0.5) is 5.69 Å². The highest BCUT2D eigenvalue weighted by Gasteiger charge is 2.14. The predicted molar refractivity (Wildman–Crippen MR) is 63.8 cm³/mol. The van der Waals surface area contributed by atoms with Gasteiger partial charge < -0.3 is 10.6 Å². The van der Waals surface area contributed by atoms with Gasteiger partial charge in [-0.05, 0) is 43.7 Å². The quantitative estimate of drug-likeness (QED) is 0.848. The summed E-state index contributed by atoms with van der Waals surface area (Å²) in [6.45, 7) is 4.35. The molecule has 0 aromatic heterocycles. The van der Waals surface area contributed by atoms with Crippen LogP contribution in [0.2, 0.25) is 0 Å². The Balaban J connectivity index is 2.08. The Morgan fingerprint density at radius 1 is 1.50 bits per heavy atom. The van der Waals surface area contributed by atoms with Crippen LogP contribution < -0.4 is 10.6 Å². The van der Waals surface area contributed by atoms with Crippen molar-refractivity contribution in [3.63, 3.8) is 0 Å². The molecule has 3 heteroatoms. The molecule has 1 aliphatic rings. The van der Waals surface area contributed by atoms with Crippen LogP contribution in [-0.2, 0) is 0 Å². The molecule has 0 radical (unpaired) electrons. The maximum atomic E-state index is 3.55. The molecule has 0 aliphatic carbocycles. The van der Waals surface area contributed by atoms with Crippen LogP contribution in [0.3, 0.4) is 0 Å². The fourth-order valence-electron chi connectivity index (χ4n) is 1.79. The van der Waals surface area contributed by atoms with Crippen molar-refractivity contribution in [3.8, 4) is 0 Å². The van der Waals surface area contributed by atoms with Gasteiger partial charge >= 0.3 is 0 Å². The molecular formula is C11H15BrN2. The second-order valence-electron chi connectivity index (χ2n) is 3.79. The maximum Gasteiger partial charge on any atom is 0.0398 e. The highest BCUT2D eigenvalue weighted by atomic mass is 79.9. The van der Waals surface area contributed by atoms with Crippen molar-refractivity contribution in [2.24, 2.45) is 0 Å². The van der Waals surface area contributed by atoms with Crippen molar-refractivity contribution >= 4 is 21.6 Å². The third-order valence-electron chi connectivity index (χ3n) is 2.61. The van der Waals surface area contributed by atoms with Crippen molar-refractivity contribution in [1.29, 1.82) is 0 Å². The lowest BCUT2D eigenvalue weighted by atomic mass is 10.1. The number of rotatable bonds is 2. The summed E-state index contributed by atoms with van der Waals surface area (Å²) in [7, 11) is 0. The summed E-state index contributed by atoms with van der Waals surface area (Å²) >= 11 is 3.47. The standard InChI is InChI=1S/C11H15BrN2/c1-8-6-9(12)2-3-11(8)14-10-4-5-13-7-10/h2-3,6,10,13-14H,4-5,7H2,1H3. The van der Waals surface area contributed by atoms with E-state index in [1.807, 2.05) is 0 Å². The number of nitrogens with one attached hydrogen (secondary N) is 2. The number of benzene rings is 1. The van der Waals surface area contributed by atoms with Crippen LogP contribution in [-0.4, -0.2) is 19.1 Å².